The van der Waals surface area contributed by atoms with Crippen LogP contribution in [0.5, 0.6) is 0 Å². The summed E-state index contributed by atoms with van der Waals surface area (Å²) in [6, 6.07) is 0.671. The summed E-state index contributed by atoms with van der Waals surface area (Å²) >= 11 is 0. The highest BCUT2D eigenvalue weighted by molar-refractivity contribution is 5.95. The molecule has 0 fully saturated rings. The first-order valence-electron chi connectivity index (χ1n) is 4.83. The van der Waals surface area contributed by atoms with E-state index in [0.29, 0.717) is 0 Å². The SMILES string of the molecule is CCOC(=O)C(C)NC(=O)c1cc(N)n[nH]1. The van der Waals surface area contributed by atoms with Crippen molar-refractivity contribution in [1.29, 1.82) is 0 Å². The topological polar surface area (TPSA) is 110 Å². The molecule has 0 aliphatic carbocycles. The Morgan fingerprint density at radius 1 is 1.69 bits per heavy atom. The molecule has 0 aliphatic heterocycles. The van der Waals surface area contributed by atoms with Crippen LogP contribution in [0.3, 0.4) is 0 Å². The van der Waals surface area contributed by atoms with Gasteiger partial charge in [0, 0.05) is 6.07 Å². The van der Waals surface area contributed by atoms with Gasteiger partial charge in [-0.3, -0.25) is 9.89 Å². The maximum Gasteiger partial charge on any atom is 0.328 e. The number of rotatable bonds is 4. The van der Waals surface area contributed by atoms with E-state index in [0.717, 1.165) is 0 Å². The van der Waals surface area contributed by atoms with Crippen molar-refractivity contribution in [3.05, 3.63) is 11.8 Å². The summed E-state index contributed by atoms with van der Waals surface area (Å²) in [6.07, 6.45) is 0. The molecule has 1 amide bonds. The first kappa shape index (κ1) is 12.0. The second-order valence-corrected chi connectivity index (χ2v) is 3.15. The van der Waals surface area contributed by atoms with Crippen molar-refractivity contribution >= 4 is 17.7 Å². The number of H-pyrrole nitrogens is 1. The lowest BCUT2D eigenvalue weighted by Gasteiger charge is -2.11. The van der Waals surface area contributed by atoms with Gasteiger partial charge in [0.1, 0.15) is 17.6 Å². The lowest BCUT2D eigenvalue weighted by Crippen LogP contribution is -2.39. The van der Waals surface area contributed by atoms with Gasteiger partial charge in [-0.1, -0.05) is 0 Å². The van der Waals surface area contributed by atoms with E-state index in [9.17, 15) is 9.59 Å². The van der Waals surface area contributed by atoms with Gasteiger partial charge < -0.3 is 15.8 Å². The molecule has 1 heterocycles. The number of carbonyl (C=O) groups is 2. The molecule has 0 aromatic carbocycles. The minimum atomic E-state index is -0.711. The summed E-state index contributed by atoms with van der Waals surface area (Å²) < 4.78 is 4.74. The Labute approximate surface area is 92.3 Å². The van der Waals surface area contributed by atoms with Crippen LogP contribution in [0.4, 0.5) is 5.82 Å². The predicted octanol–water partition coefficient (Wildman–Crippen LogP) is -0.327. The van der Waals surface area contributed by atoms with Crippen molar-refractivity contribution < 1.29 is 14.3 Å². The number of nitrogens with two attached hydrogens (primary N) is 1. The van der Waals surface area contributed by atoms with Crippen LogP contribution in [-0.4, -0.2) is 34.7 Å². The normalized spacial score (nSPS) is 11.9. The molecule has 16 heavy (non-hydrogen) atoms. The Hall–Kier alpha value is -2.05. The standard InChI is InChI=1S/C9H14N4O3/c1-3-16-9(15)5(2)11-8(14)6-4-7(10)13-12-6/h4-5H,3H2,1-2H3,(H,11,14)(H3,10,12,13). The summed E-state index contributed by atoms with van der Waals surface area (Å²) in [7, 11) is 0. The predicted molar refractivity (Wildman–Crippen MR) is 56.6 cm³/mol. The number of hydrogen-bond donors (Lipinski definition) is 3. The summed E-state index contributed by atoms with van der Waals surface area (Å²) in [5, 5.41) is 8.50. The monoisotopic (exact) mass is 226 g/mol. The van der Waals surface area contributed by atoms with E-state index in [1.54, 1.807) is 6.92 Å². The number of nitrogens with zero attached hydrogens (tertiary/aromatic N) is 1. The number of nitrogen functional groups attached to an aromatic ring is 1. The molecule has 7 nitrogen and oxygen atoms in total. The number of carbonyl (C=O) groups excluding carboxylic acids is 2. The maximum atomic E-state index is 11.5. The van der Waals surface area contributed by atoms with Crippen LogP contribution in [0.15, 0.2) is 6.07 Å². The third kappa shape index (κ3) is 2.97. The summed E-state index contributed by atoms with van der Waals surface area (Å²) in [4.78, 5) is 22.8. The Kier molecular flexibility index (Phi) is 3.87. The van der Waals surface area contributed by atoms with Gasteiger partial charge in [-0.25, -0.2) is 4.79 Å². The molecule has 4 N–H and O–H groups in total. The zero-order valence-corrected chi connectivity index (χ0v) is 9.11. The van der Waals surface area contributed by atoms with Crippen LogP contribution in [-0.2, 0) is 9.53 Å². The molecule has 0 bridgehead atoms. The van der Waals surface area contributed by atoms with Crippen molar-refractivity contribution in [3.8, 4) is 0 Å². The lowest BCUT2D eigenvalue weighted by molar-refractivity contribution is -0.144. The van der Waals surface area contributed by atoms with Crippen LogP contribution < -0.4 is 11.1 Å². The number of nitrogens with one attached hydrogen (secondary N) is 2. The van der Waals surface area contributed by atoms with Gasteiger partial charge in [-0.05, 0) is 13.8 Å². The molecule has 1 rings (SSSR count). The number of amides is 1. The van der Waals surface area contributed by atoms with E-state index in [1.807, 2.05) is 0 Å². The van der Waals surface area contributed by atoms with Crippen molar-refractivity contribution in [3.63, 3.8) is 0 Å². The molecule has 1 aromatic rings. The van der Waals surface area contributed by atoms with Gasteiger partial charge in [0.15, 0.2) is 0 Å². The van der Waals surface area contributed by atoms with E-state index in [-0.39, 0.29) is 18.1 Å². The summed E-state index contributed by atoms with van der Waals surface area (Å²) in [5.41, 5.74) is 5.54. The molecule has 0 spiro atoms. The van der Waals surface area contributed by atoms with E-state index >= 15 is 0 Å². The molecule has 0 saturated carbocycles. The Morgan fingerprint density at radius 3 is 2.88 bits per heavy atom. The quantitative estimate of drug-likeness (QED) is 0.609. The molecule has 88 valence electrons. The fourth-order valence-electron chi connectivity index (χ4n) is 1.05. The van der Waals surface area contributed by atoms with E-state index in [4.69, 9.17) is 10.5 Å². The first-order valence-corrected chi connectivity index (χ1v) is 4.83. The van der Waals surface area contributed by atoms with Crippen LogP contribution in [0.2, 0.25) is 0 Å². The van der Waals surface area contributed by atoms with Gasteiger partial charge in [-0.15, -0.1) is 0 Å². The van der Waals surface area contributed by atoms with Gasteiger partial charge in [0.25, 0.3) is 5.91 Å². The molecule has 0 aliphatic rings. The molecule has 7 heteroatoms. The smallest absolute Gasteiger partial charge is 0.328 e. The Morgan fingerprint density at radius 2 is 2.38 bits per heavy atom. The number of anilines is 1. The largest absolute Gasteiger partial charge is 0.464 e. The average molecular weight is 226 g/mol. The second kappa shape index (κ2) is 5.15. The number of ether oxygens (including phenoxy) is 1. The molecule has 1 aromatic heterocycles. The van der Waals surface area contributed by atoms with E-state index < -0.39 is 17.9 Å². The number of aromatic amines is 1. The Bertz CT molecular complexity index is 388. The summed E-state index contributed by atoms with van der Waals surface area (Å²) in [5.74, 6) is -0.720. The summed E-state index contributed by atoms with van der Waals surface area (Å²) in [6.45, 7) is 3.51. The molecule has 1 atom stereocenters. The van der Waals surface area contributed by atoms with Gasteiger partial charge in [0.05, 0.1) is 6.61 Å². The van der Waals surface area contributed by atoms with Crippen molar-refractivity contribution in [2.45, 2.75) is 19.9 Å². The fourth-order valence-corrected chi connectivity index (χ4v) is 1.05. The van der Waals surface area contributed by atoms with Crippen LogP contribution >= 0.6 is 0 Å². The minimum Gasteiger partial charge on any atom is -0.464 e. The minimum absolute atomic E-state index is 0.202. The zero-order chi connectivity index (χ0) is 12.1. The molecule has 0 saturated heterocycles. The van der Waals surface area contributed by atoms with Crippen LogP contribution in [0.25, 0.3) is 0 Å². The first-order chi connectivity index (χ1) is 7.54. The maximum absolute atomic E-state index is 11.5. The number of hydrogen-bond acceptors (Lipinski definition) is 5. The molecular weight excluding hydrogens is 212 g/mol. The highest BCUT2D eigenvalue weighted by Crippen LogP contribution is 2.00. The molecular formula is C9H14N4O3. The van der Waals surface area contributed by atoms with E-state index in [1.165, 1.54) is 13.0 Å². The number of aromatic nitrogens is 2. The molecule has 1 unspecified atom stereocenters. The van der Waals surface area contributed by atoms with Crippen molar-refractivity contribution in [2.75, 3.05) is 12.3 Å². The average Bonchev–Trinajstić information content (AvgIpc) is 2.65. The van der Waals surface area contributed by atoms with E-state index in [2.05, 4.69) is 15.5 Å². The zero-order valence-electron chi connectivity index (χ0n) is 9.11. The highest BCUT2D eigenvalue weighted by atomic mass is 16.5. The highest BCUT2D eigenvalue weighted by Gasteiger charge is 2.18. The van der Waals surface area contributed by atoms with Crippen molar-refractivity contribution in [1.82, 2.24) is 15.5 Å². The second-order valence-electron chi connectivity index (χ2n) is 3.15. The van der Waals surface area contributed by atoms with Crippen molar-refractivity contribution in [2.24, 2.45) is 0 Å². The van der Waals surface area contributed by atoms with Gasteiger partial charge >= 0.3 is 5.97 Å². The van der Waals surface area contributed by atoms with Gasteiger partial charge in [0.2, 0.25) is 0 Å². The lowest BCUT2D eigenvalue weighted by atomic mass is 10.3. The Balaban J connectivity index is 2.54. The van der Waals surface area contributed by atoms with Crippen LogP contribution in [0.1, 0.15) is 24.3 Å². The van der Waals surface area contributed by atoms with Gasteiger partial charge in [-0.2, -0.15) is 5.10 Å². The molecule has 0 radical (unpaired) electrons. The van der Waals surface area contributed by atoms with Crippen LogP contribution in [0, 0.1) is 0 Å². The number of esters is 1. The third-order valence-corrected chi connectivity index (χ3v) is 1.83. The fraction of sp³-hybridized carbons (Fsp3) is 0.444. The third-order valence-electron chi connectivity index (χ3n) is 1.83.